The van der Waals surface area contributed by atoms with Crippen molar-refractivity contribution >= 4 is 11.9 Å². The zero-order chi connectivity index (χ0) is 43.5. The number of unbranched alkanes of at least 4 members (excludes halogenated alkanes) is 18. The van der Waals surface area contributed by atoms with E-state index >= 15 is 0 Å². The first kappa shape index (κ1) is 56.8. The number of esters is 2. The summed E-state index contributed by atoms with van der Waals surface area (Å²) in [7, 11) is 0. The van der Waals surface area contributed by atoms with Crippen molar-refractivity contribution in [2.45, 2.75) is 219 Å². The SMILES string of the molecule is CC/C=C\C/C=C\C/C=C\C/C=C\C/C=C\CC(=O)OCC(COCCCCCCCC/C=C\C/C=C\C/C=C\CC)OC(=O)CCCCCCCCCCCCCCC. The van der Waals surface area contributed by atoms with Crippen LogP contribution in [0.4, 0.5) is 0 Å². The van der Waals surface area contributed by atoms with Crippen molar-refractivity contribution in [1.82, 2.24) is 0 Å². The molecule has 0 fully saturated rings. The highest BCUT2D eigenvalue weighted by atomic mass is 16.6. The second-order valence-corrected chi connectivity index (χ2v) is 16.0. The molecule has 0 aliphatic carbocycles. The lowest BCUT2D eigenvalue weighted by Crippen LogP contribution is -2.30. The molecule has 0 bridgehead atoms. The highest BCUT2D eigenvalue weighted by Crippen LogP contribution is 2.14. The molecule has 0 aliphatic rings. The van der Waals surface area contributed by atoms with Crippen LogP contribution in [0, 0.1) is 0 Å². The summed E-state index contributed by atoms with van der Waals surface area (Å²) >= 11 is 0. The molecule has 0 aliphatic heterocycles. The van der Waals surface area contributed by atoms with Gasteiger partial charge in [-0.1, -0.05) is 221 Å². The van der Waals surface area contributed by atoms with Gasteiger partial charge in [0.1, 0.15) is 6.61 Å². The third-order valence-corrected chi connectivity index (χ3v) is 10.1. The zero-order valence-electron chi connectivity index (χ0n) is 39.2. The Balaban J connectivity index is 4.42. The molecule has 342 valence electrons. The number of allylic oxidation sites excluding steroid dienone is 15. The van der Waals surface area contributed by atoms with Gasteiger partial charge in [0.15, 0.2) is 6.10 Å². The lowest BCUT2D eigenvalue weighted by atomic mass is 10.0. The summed E-state index contributed by atoms with van der Waals surface area (Å²) in [6, 6.07) is 0. The highest BCUT2D eigenvalue weighted by Gasteiger charge is 2.17. The minimum Gasteiger partial charge on any atom is -0.461 e. The fourth-order valence-corrected chi connectivity index (χ4v) is 6.54. The molecule has 5 nitrogen and oxygen atoms in total. The van der Waals surface area contributed by atoms with Gasteiger partial charge in [-0.2, -0.15) is 0 Å². The molecule has 1 unspecified atom stereocenters. The lowest BCUT2D eigenvalue weighted by molar-refractivity contribution is -0.162. The van der Waals surface area contributed by atoms with Crippen molar-refractivity contribution in [2.24, 2.45) is 0 Å². The van der Waals surface area contributed by atoms with Crippen LogP contribution in [0.1, 0.15) is 213 Å². The molecule has 0 amide bonds. The maximum absolute atomic E-state index is 12.8. The van der Waals surface area contributed by atoms with Crippen molar-refractivity contribution in [2.75, 3.05) is 19.8 Å². The Morgan fingerprint density at radius 3 is 1.28 bits per heavy atom. The predicted molar refractivity (Wildman–Crippen MR) is 260 cm³/mol. The van der Waals surface area contributed by atoms with Crippen LogP contribution >= 0.6 is 0 Å². The number of carbonyl (C=O) groups is 2. The molecule has 5 heteroatoms. The second kappa shape index (κ2) is 50.2. The van der Waals surface area contributed by atoms with E-state index in [4.69, 9.17) is 14.2 Å². The van der Waals surface area contributed by atoms with Gasteiger partial charge in [0.25, 0.3) is 0 Å². The topological polar surface area (TPSA) is 61.8 Å². The Hall–Kier alpha value is -3.18. The Bertz CT molecular complexity index is 1170. The summed E-state index contributed by atoms with van der Waals surface area (Å²) in [5, 5.41) is 0. The fraction of sp³-hybridized carbons (Fsp3) is 0.673. The Morgan fingerprint density at radius 1 is 0.400 bits per heavy atom. The first-order chi connectivity index (χ1) is 29.6. The van der Waals surface area contributed by atoms with E-state index < -0.39 is 6.10 Å². The number of hydrogen-bond acceptors (Lipinski definition) is 5. The number of rotatable bonds is 44. The number of carbonyl (C=O) groups excluding carboxylic acids is 2. The third-order valence-electron chi connectivity index (χ3n) is 10.1. The molecule has 0 rings (SSSR count). The quantitative estimate of drug-likeness (QED) is 0.0348. The zero-order valence-corrected chi connectivity index (χ0v) is 39.2. The predicted octanol–water partition coefficient (Wildman–Crippen LogP) is 16.7. The maximum atomic E-state index is 12.8. The fourth-order valence-electron chi connectivity index (χ4n) is 6.54. The van der Waals surface area contributed by atoms with E-state index in [2.05, 4.69) is 106 Å². The maximum Gasteiger partial charge on any atom is 0.309 e. The van der Waals surface area contributed by atoms with E-state index in [1.165, 1.54) is 89.9 Å². The average Bonchev–Trinajstić information content (AvgIpc) is 3.25. The molecule has 0 heterocycles. The summed E-state index contributed by atoms with van der Waals surface area (Å²) in [6.07, 6.45) is 67.2. The van der Waals surface area contributed by atoms with Crippen LogP contribution in [-0.4, -0.2) is 37.9 Å². The summed E-state index contributed by atoms with van der Waals surface area (Å²) in [4.78, 5) is 25.3. The molecule has 0 radical (unpaired) electrons. The lowest BCUT2D eigenvalue weighted by Gasteiger charge is -2.18. The first-order valence-electron chi connectivity index (χ1n) is 24.8. The Morgan fingerprint density at radius 2 is 0.800 bits per heavy atom. The van der Waals surface area contributed by atoms with Crippen LogP contribution in [0.3, 0.4) is 0 Å². The molecule has 0 aromatic rings. The van der Waals surface area contributed by atoms with E-state index in [-0.39, 0.29) is 31.6 Å². The standard InChI is InChI=1S/C55H92O5/c1-4-7-10-13-16-19-22-25-27-29-32-35-38-41-44-47-50-58-51-53(60-55(57)49-46-43-40-37-34-30-24-21-18-15-12-9-6-3)52-59-54(56)48-45-42-39-36-33-31-28-26-23-20-17-14-11-8-5-2/h7-8,10-11,16-17,19-20,25-28,33,36,42,45,53H,4-6,9,12-15,18,21-24,29-32,34-35,37-41,43-44,46-52H2,1-3H3/b10-7-,11-8-,19-16-,20-17-,27-25-,28-26-,36-33-,45-42-. The van der Waals surface area contributed by atoms with Gasteiger partial charge in [-0.3, -0.25) is 9.59 Å². The molecule has 0 saturated heterocycles. The molecule has 0 aromatic heterocycles. The number of ether oxygens (including phenoxy) is 3. The number of hydrogen-bond donors (Lipinski definition) is 0. The Labute approximate surface area is 371 Å². The summed E-state index contributed by atoms with van der Waals surface area (Å²) in [5.41, 5.74) is 0. The van der Waals surface area contributed by atoms with E-state index in [0.717, 1.165) is 89.9 Å². The molecular weight excluding hydrogens is 741 g/mol. The first-order valence-corrected chi connectivity index (χ1v) is 24.8. The molecule has 0 spiro atoms. The smallest absolute Gasteiger partial charge is 0.309 e. The van der Waals surface area contributed by atoms with Crippen LogP contribution in [0.5, 0.6) is 0 Å². The summed E-state index contributed by atoms with van der Waals surface area (Å²) in [6.45, 7) is 7.47. The van der Waals surface area contributed by atoms with Crippen molar-refractivity contribution in [1.29, 1.82) is 0 Å². The van der Waals surface area contributed by atoms with E-state index in [1.54, 1.807) is 0 Å². The van der Waals surface area contributed by atoms with E-state index in [1.807, 2.05) is 12.2 Å². The van der Waals surface area contributed by atoms with Gasteiger partial charge < -0.3 is 14.2 Å². The average molecular weight is 833 g/mol. The molecular formula is C55H92O5. The van der Waals surface area contributed by atoms with Gasteiger partial charge in [-0.15, -0.1) is 0 Å². The molecule has 0 aromatic carbocycles. The van der Waals surface area contributed by atoms with Crippen LogP contribution in [0.25, 0.3) is 0 Å². The van der Waals surface area contributed by atoms with E-state index in [0.29, 0.717) is 13.0 Å². The largest absolute Gasteiger partial charge is 0.461 e. The highest BCUT2D eigenvalue weighted by molar-refractivity contribution is 5.71. The van der Waals surface area contributed by atoms with Gasteiger partial charge in [0.2, 0.25) is 0 Å². The molecule has 0 N–H and O–H groups in total. The monoisotopic (exact) mass is 833 g/mol. The van der Waals surface area contributed by atoms with Crippen LogP contribution < -0.4 is 0 Å². The van der Waals surface area contributed by atoms with Crippen LogP contribution in [0.2, 0.25) is 0 Å². The normalized spacial score (nSPS) is 13.1. The second-order valence-electron chi connectivity index (χ2n) is 16.0. The molecule has 1 atom stereocenters. The van der Waals surface area contributed by atoms with Gasteiger partial charge in [0.05, 0.1) is 13.0 Å². The van der Waals surface area contributed by atoms with Crippen molar-refractivity contribution < 1.29 is 23.8 Å². The van der Waals surface area contributed by atoms with Gasteiger partial charge in [0, 0.05) is 13.0 Å². The van der Waals surface area contributed by atoms with Gasteiger partial charge >= 0.3 is 11.9 Å². The van der Waals surface area contributed by atoms with Gasteiger partial charge in [-0.25, -0.2) is 0 Å². The van der Waals surface area contributed by atoms with E-state index in [9.17, 15) is 9.59 Å². The molecule has 0 saturated carbocycles. The van der Waals surface area contributed by atoms with Crippen molar-refractivity contribution in [3.8, 4) is 0 Å². The third kappa shape index (κ3) is 47.5. The summed E-state index contributed by atoms with van der Waals surface area (Å²) < 4.78 is 17.3. The van der Waals surface area contributed by atoms with Crippen molar-refractivity contribution in [3.63, 3.8) is 0 Å². The van der Waals surface area contributed by atoms with Gasteiger partial charge in [-0.05, 0) is 77.0 Å². The molecule has 60 heavy (non-hydrogen) atoms. The minimum atomic E-state index is -0.585. The minimum absolute atomic E-state index is 0.0227. The Kier molecular flexibility index (Phi) is 47.5. The summed E-state index contributed by atoms with van der Waals surface area (Å²) in [5.74, 6) is -0.552. The van der Waals surface area contributed by atoms with Crippen LogP contribution in [0.15, 0.2) is 97.2 Å². The van der Waals surface area contributed by atoms with Crippen LogP contribution in [-0.2, 0) is 23.8 Å². The van der Waals surface area contributed by atoms with Crippen molar-refractivity contribution in [3.05, 3.63) is 97.2 Å².